The third-order valence-electron chi connectivity index (χ3n) is 8.96. The van der Waals surface area contributed by atoms with E-state index in [0.29, 0.717) is 32.3 Å². The van der Waals surface area contributed by atoms with Crippen molar-refractivity contribution in [3.63, 3.8) is 0 Å². The molecule has 6 fully saturated rings. The van der Waals surface area contributed by atoms with Crippen molar-refractivity contribution in [1.82, 2.24) is 10.2 Å². The van der Waals surface area contributed by atoms with E-state index in [1.54, 1.807) is 0 Å². The number of hydrogen-bond donors (Lipinski definition) is 1. The third kappa shape index (κ3) is 4.85. The summed E-state index contributed by atoms with van der Waals surface area (Å²) >= 11 is 0. The van der Waals surface area contributed by atoms with E-state index in [2.05, 4.69) is 10.2 Å². The van der Waals surface area contributed by atoms with Crippen molar-refractivity contribution in [3.05, 3.63) is 0 Å². The van der Waals surface area contributed by atoms with Crippen LogP contribution in [0.15, 0.2) is 0 Å². The quantitative estimate of drug-likeness (QED) is 0.594. The zero-order chi connectivity index (χ0) is 22.2. The van der Waals surface area contributed by atoms with Gasteiger partial charge < -0.3 is 19.5 Å². The standard InChI is InChI=1S/C24H39F3N2O3/c25-24(26,27)22-9-12-29-13-10-23(16-30-14-11-28-23)21(29)15-31-18-7-5-17(6-8-18)19-3-1-2-4-20(19)32-22/h17-22,28H,1-16H2/t17?,18?,19?,20?,21?,22?,23-/m1/s1. The maximum atomic E-state index is 14.1. The number of halogens is 3. The Morgan fingerprint density at radius 3 is 2.50 bits per heavy atom. The zero-order valence-electron chi connectivity index (χ0n) is 19.1. The summed E-state index contributed by atoms with van der Waals surface area (Å²) in [6, 6.07) is 0.0415. The Kier molecular flexibility index (Phi) is 7.06. The highest BCUT2D eigenvalue weighted by Gasteiger charge is 2.50. The highest BCUT2D eigenvalue weighted by molar-refractivity contribution is 5.07. The van der Waals surface area contributed by atoms with Gasteiger partial charge in [-0.1, -0.05) is 12.8 Å². The summed E-state index contributed by atoms with van der Waals surface area (Å²) in [7, 11) is 0. The molecular weight excluding hydrogens is 421 g/mol. The van der Waals surface area contributed by atoms with Crippen molar-refractivity contribution >= 4 is 0 Å². The summed E-state index contributed by atoms with van der Waals surface area (Å²) < 4.78 is 60.4. The molecule has 4 saturated heterocycles. The summed E-state index contributed by atoms with van der Waals surface area (Å²) in [5, 5.41) is 3.65. The van der Waals surface area contributed by atoms with Gasteiger partial charge in [-0.05, 0) is 63.2 Å². The molecule has 8 heteroatoms. The number of rotatable bonds is 0. The zero-order valence-corrected chi connectivity index (χ0v) is 19.1. The molecule has 5 nitrogen and oxygen atoms in total. The molecule has 0 aromatic rings. The van der Waals surface area contributed by atoms with Crippen LogP contribution in [0.25, 0.3) is 0 Å². The maximum absolute atomic E-state index is 14.1. The Balaban J connectivity index is 1.38. The van der Waals surface area contributed by atoms with Gasteiger partial charge in [-0.25, -0.2) is 0 Å². The van der Waals surface area contributed by atoms with Crippen LogP contribution >= 0.6 is 0 Å². The van der Waals surface area contributed by atoms with Gasteiger partial charge in [0.15, 0.2) is 6.10 Å². The number of morpholine rings is 1. The first-order valence-corrected chi connectivity index (χ1v) is 12.9. The predicted molar refractivity (Wildman–Crippen MR) is 115 cm³/mol. The lowest BCUT2D eigenvalue weighted by atomic mass is 9.71. The van der Waals surface area contributed by atoms with Gasteiger partial charge in [-0.15, -0.1) is 0 Å². The molecule has 184 valence electrons. The van der Waals surface area contributed by atoms with Crippen molar-refractivity contribution in [1.29, 1.82) is 0 Å². The summed E-state index contributed by atoms with van der Waals surface area (Å²) in [6.45, 7) is 3.79. The van der Waals surface area contributed by atoms with Crippen LogP contribution in [-0.2, 0) is 14.2 Å². The molecule has 0 aromatic heterocycles. The fourth-order valence-corrected chi connectivity index (χ4v) is 7.15. The first-order chi connectivity index (χ1) is 15.4. The van der Waals surface area contributed by atoms with Crippen molar-refractivity contribution in [2.45, 2.75) is 100 Å². The van der Waals surface area contributed by atoms with Crippen LogP contribution < -0.4 is 5.32 Å². The predicted octanol–water partition coefficient (Wildman–Crippen LogP) is 3.90. The molecule has 2 bridgehead atoms. The largest absolute Gasteiger partial charge is 0.414 e. The van der Waals surface area contributed by atoms with Crippen LogP contribution in [-0.4, -0.2) is 80.4 Å². The van der Waals surface area contributed by atoms with Gasteiger partial charge in [-0.3, -0.25) is 4.90 Å². The Hall–Kier alpha value is -0.410. The molecule has 1 N–H and O–H groups in total. The molecule has 2 aliphatic carbocycles. The molecule has 2 saturated carbocycles. The van der Waals surface area contributed by atoms with Crippen molar-refractivity contribution in [2.24, 2.45) is 11.8 Å². The average Bonchev–Trinajstić information content (AvgIpc) is 3.11. The molecule has 4 heterocycles. The fraction of sp³-hybridized carbons (Fsp3) is 1.00. The minimum atomic E-state index is -4.33. The summed E-state index contributed by atoms with van der Waals surface area (Å²) in [6.07, 6.45) is 2.88. The van der Waals surface area contributed by atoms with Crippen LogP contribution in [0.1, 0.15) is 64.2 Å². The normalized spacial score (nSPS) is 44.7. The topological polar surface area (TPSA) is 43.0 Å². The molecule has 5 atom stereocenters. The van der Waals surface area contributed by atoms with E-state index in [-0.39, 0.29) is 36.1 Å². The van der Waals surface area contributed by atoms with Gasteiger partial charge in [0.2, 0.25) is 0 Å². The highest BCUT2D eigenvalue weighted by atomic mass is 19.4. The number of alkyl halides is 3. The van der Waals surface area contributed by atoms with Crippen LogP contribution in [0.2, 0.25) is 0 Å². The van der Waals surface area contributed by atoms with Crippen molar-refractivity contribution in [3.8, 4) is 0 Å². The molecule has 6 rings (SSSR count). The van der Waals surface area contributed by atoms with E-state index >= 15 is 0 Å². The van der Waals surface area contributed by atoms with Gasteiger partial charge in [0.05, 0.1) is 43.6 Å². The van der Waals surface area contributed by atoms with Crippen LogP contribution in [0.5, 0.6) is 0 Å². The summed E-state index contributed by atoms with van der Waals surface area (Å²) in [5.41, 5.74) is -0.213. The lowest BCUT2D eigenvalue weighted by molar-refractivity contribution is -0.246. The first kappa shape index (κ1) is 23.3. The average molecular weight is 461 g/mol. The molecule has 0 radical (unpaired) electrons. The fourth-order valence-electron chi connectivity index (χ4n) is 7.15. The molecule has 0 amide bonds. The van der Waals surface area contributed by atoms with Crippen molar-refractivity contribution in [2.75, 3.05) is 39.5 Å². The SMILES string of the molecule is FC(F)(F)C1CCN2CC[C@@]3(COCCN3)C2COC2CCC(CC2)C2CCCCC2O1. The molecule has 4 unspecified atom stereocenters. The Labute approximate surface area is 189 Å². The van der Waals surface area contributed by atoms with Crippen LogP contribution in [0, 0.1) is 11.8 Å². The minimum Gasteiger partial charge on any atom is -0.378 e. The molecule has 1 spiro atoms. The van der Waals surface area contributed by atoms with E-state index in [1.807, 2.05) is 0 Å². The van der Waals surface area contributed by atoms with E-state index in [1.165, 1.54) is 0 Å². The molecule has 6 aliphatic rings. The van der Waals surface area contributed by atoms with Crippen LogP contribution in [0.4, 0.5) is 13.2 Å². The number of fused-ring (bicyclic) bond motifs is 6. The van der Waals surface area contributed by atoms with Crippen molar-refractivity contribution < 1.29 is 27.4 Å². The second kappa shape index (κ2) is 9.68. The number of hydrogen-bond acceptors (Lipinski definition) is 5. The lowest BCUT2D eigenvalue weighted by Crippen LogP contribution is -2.63. The van der Waals surface area contributed by atoms with Gasteiger partial charge >= 0.3 is 6.18 Å². The monoisotopic (exact) mass is 460 g/mol. The summed E-state index contributed by atoms with van der Waals surface area (Å²) in [4.78, 5) is 2.21. The smallest absolute Gasteiger partial charge is 0.378 e. The van der Waals surface area contributed by atoms with Gasteiger partial charge in [0, 0.05) is 19.6 Å². The molecule has 0 aromatic carbocycles. The molecule has 32 heavy (non-hydrogen) atoms. The van der Waals surface area contributed by atoms with E-state index < -0.39 is 12.3 Å². The minimum absolute atomic E-state index is 0.00570. The lowest BCUT2D eigenvalue weighted by Gasteiger charge is -2.44. The van der Waals surface area contributed by atoms with E-state index in [9.17, 15) is 13.2 Å². The highest BCUT2D eigenvalue weighted by Crippen LogP contribution is 2.43. The molecule has 4 aliphatic heterocycles. The number of nitrogens with zero attached hydrogens (tertiary/aromatic N) is 1. The molecular formula is C24H39F3N2O3. The first-order valence-electron chi connectivity index (χ1n) is 12.9. The Bertz CT molecular complexity index is 620. The second-order valence-corrected chi connectivity index (χ2v) is 10.7. The number of nitrogens with one attached hydrogen (secondary N) is 1. The van der Waals surface area contributed by atoms with Crippen LogP contribution in [0.3, 0.4) is 0 Å². The van der Waals surface area contributed by atoms with E-state index in [0.717, 1.165) is 70.9 Å². The Morgan fingerprint density at radius 1 is 0.938 bits per heavy atom. The van der Waals surface area contributed by atoms with Gasteiger partial charge in [-0.2, -0.15) is 13.2 Å². The summed E-state index contributed by atoms with van der Waals surface area (Å²) in [5.74, 6) is 0.739. The van der Waals surface area contributed by atoms with E-state index in [4.69, 9.17) is 14.2 Å². The Morgan fingerprint density at radius 2 is 1.75 bits per heavy atom. The third-order valence-corrected chi connectivity index (χ3v) is 8.96. The maximum Gasteiger partial charge on any atom is 0.414 e. The number of ether oxygens (including phenoxy) is 3. The second-order valence-electron chi connectivity index (χ2n) is 10.7. The van der Waals surface area contributed by atoms with Gasteiger partial charge in [0.25, 0.3) is 0 Å². The van der Waals surface area contributed by atoms with Gasteiger partial charge in [0.1, 0.15) is 0 Å².